The highest BCUT2D eigenvalue weighted by atomic mass is 16.7. The van der Waals surface area contributed by atoms with Crippen molar-refractivity contribution < 1.29 is 29.0 Å². The van der Waals surface area contributed by atoms with Crippen molar-refractivity contribution >= 4 is 24.1 Å². The molecule has 0 amide bonds. The summed E-state index contributed by atoms with van der Waals surface area (Å²) in [5.74, 6) is -5.51. The lowest BCUT2D eigenvalue weighted by atomic mass is 9.99. The molecule has 0 saturated carbocycles. The van der Waals surface area contributed by atoms with Crippen LogP contribution in [0.5, 0.6) is 0 Å². The number of cyclic esters (lactones) is 2. The van der Waals surface area contributed by atoms with Crippen molar-refractivity contribution in [1.82, 2.24) is 0 Å². The van der Waals surface area contributed by atoms with Gasteiger partial charge in [0.25, 0.3) is 5.79 Å². The van der Waals surface area contributed by atoms with Crippen LogP contribution in [0, 0.1) is 11.8 Å². The van der Waals surface area contributed by atoms with E-state index in [1.807, 2.05) is 6.92 Å². The number of carbonyl (C=O) groups excluding carboxylic acids is 2. The molecule has 0 aromatic carbocycles. The lowest BCUT2D eigenvalue weighted by Gasteiger charge is -2.31. The summed E-state index contributed by atoms with van der Waals surface area (Å²) >= 11 is 0. The molecule has 1 aliphatic heterocycles. The van der Waals surface area contributed by atoms with E-state index in [1.54, 1.807) is 6.92 Å². The van der Waals surface area contributed by atoms with Gasteiger partial charge < -0.3 is 14.6 Å². The maximum atomic E-state index is 11.7. The van der Waals surface area contributed by atoms with Crippen LogP contribution >= 0.6 is 0 Å². The predicted octanol–water partition coefficient (Wildman–Crippen LogP) is 1.01. The third kappa shape index (κ3) is 3.79. The third-order valence-corrected chi connectivity index (χ3v) is 3.03. The molecule has 0 unspecified atom stereocenters. The van der Waals surface area contributed by atoms with Gasteiger partial charge in [-0.2, -0.15) is 0 Å². The van der Waals surface area contributed by atoms with Crippen molar-refractivity contribution in [1.29, 1.82) is 0 Å². The standard InChI is InChI=1S/C13H19NO6/c1-5-7(2)9(10(15)16)14-6-8-11(17)19-13(3,4)20-12(8)18/h6-9H,5H2,1-4H3,(H,15,16)/t7-,9+/m1/s1. The Bertz CT molecular complexity index is 422. The smallest absolute Gasteiger partial charge is 0.329 e. The van der Waals surface area contributed by atoms with E-state index in [4.69, 9.17) is 14.6 Å². The topological polar surface area (TPSA) is 102 Å². The number of ether oxygens (including phenoxy) is 2. The van der Waals surface area contributed by atoms with Crippen molar-refractivity contribution in [3.63, 3.8) is 0 Å². The van der Waals surface area contributed by atoms with Gasteiger partial charge in [-0.1, -0.05) is 20.3 Å². The number of aliphatic carboxylic acids is 1. The molecule has 1 aliphatic rings. The average Bonchev–Trinajstić information content (AvgIpc) is 2.30. The Morgan fingerprint density at radius 2 is 1.90 bits per heavy atom. The molecule has 1 N–H and O–H groups in total. The van der Waals surface area contributed by atoms with Crippen LogP contribution in [-0.4, -0.2) is 41.1 Å². The van der Waals surface area contributed by atoms with Gasteiger partial charge in [0.2, 0.25) is 0 Å². The van der Waals surface area contributed by atoms with E-state index >= 15 is 0 Å². The van der Waals surface area contributed by atoms with Crippen molar-refractivity contribution in [2.45, 2.75) is 45.9 Å². The van der Waals surface area contributed by atoms with Crippen LogP contribution in [-0.2, 0) is 23.9 Å². The Balaban J connectivity index is 2.85. The van der Waals surface area contributed by atoms with Gasteiger partial charge in [0.1, 0.15) is 6.04 Å². The average molecular weight is 285 g/mol. The van der Waals surface area contributed by atoms with E-state index in [9.17, 15) is 14.4 Å². The van der Waals surface area contributed by atoms with Crippen LogP contribution in [0.2, 0.25) is 0 Å². The summed E-state index contributed by atoms with van der Waals surface area (Å²) in [6.45, 7) is 6.45. The van der Waals surface area contributed by atoms with Gasteiger partial charge >= 0.3 is 17.9 Å². The number of hydrogen-bond donors (Lipinski definition) is 1. The Labute approximate surface area is 117 Å². The zero-order valence-electron chi connectivity index (χ0n) is 12.0. The third-order valence-electron chi connectivity index (χ3n) is 3.03. The SMILES string of the molecule is CC[C@@H](C)[C@H](N=CC1C(=O)OC(C)(C)OC1=O)C(=O)O. The molecule has 7 heteroatoms. The first-order valence-corrected chi connectivity index (χ1v) is 6.39. The molecular weight excluding hydrogens is 266 g/mol. The van der Waals surface area contributed by atoms with Gasteiger partial charge in [-0.05, 0) is 5.92 Å². The van der Waals surface area contributed by atoms with Crippen LogP contribution in [0.1, 0.15) is 34.1 Å². The molecule has 0 bridgehead atoms. The van der Waals surface area contributed by atoms with Crippen LogP contribution in [0.4, 0.5) is 0 Å². The molecular formula is C13H19NO6. The minimum Gasteiger partial charge on any atom is -0.480 e. The predicted molar refractivity (Wildman–Crippen MR) is 69.1 cm³/mol. The van der Waals surface area contributed by atoms with Crippen LogP contribution < -0.4 is 0 Å². The second kappa shape index (κ2) is 6.02. The van der Waals surface area contributed by atoms with Crippen LogP contribution in [0.3, 0.4) is 0 Å². The summed E-state index contributed by atoms with van der Waals surface area (Å²) in [5, 5.41) is 9.07. The highest BCUT2D eigenvalue weighted by Gasteiger charge is 2.42. The summed E-state index contributed by atoms with van der Waals surface area (Å²) < 4.78 is 9.83. The summed E-state index contributed by atoms with van der Waals surface area (Å²) in [6.07, 6.45) is 1.62. The fourth-order valence-electron chi connectivity index (χ4n) is 1.71. The Hall–Kier alpha value is -1.92. The van der Waals surface area contributed by atoms with Gasteiger partial charge in [-0.3, -0.25) is 14.6 Å². The molecule has 20 heavy (non-hydrogen) atoms. The quantitative estimate of drug-likeness (QED) is 0.459. The first kappa shape index (κ1) is 16.1. The van der Waals surface area contributed by atoms with E-state index in [2.05, 4.69) is 4.99 Å². The normalized spacial score (nSPS) is 22.2. The largest absolute Gasteiger partial charge is 0.480 e. The van der Waals surface area contributed by atoms with E-state index in [-0.39, 0.29) is 5.92 Å². The number of rotatable bonds is 5. The number of hydrogen-bond acceptors (Lipinski definition) is 6. The molecule has 7 nitrogen and oxygen atoms in total. The lowest BCUT2D eigenvalue weighted by Crippen LogP contribution is -2.47. The molecule has 112 valence electrons. The number of carbonyl (C=O) groups is 3. The van der Waals surface area contributed by atoms with Crippen LogP contribution in [0.15, 0.2) is 4.99 Å². The number of carboxylic acid groups (broad SMARTS) is 1. The summed E-state index contributed by atoms with van der Waals surface area (Å²) in [7, 11) is 0. The van der Waals surface area contributed by atoms with E-state index < -0.39 is 35.7 Å². The summed E-state index contributed by atoms with van der Waals surface area (Å²) in [4.78, 5) is 38.3. The van der Waals surface area contributed by atoms with Crippen molar-refractivity contribution in [2.24, 2.45) is 16.8 Å². The highest BCUT2D eigenvalue weighted by Crippen LogP contribution is 2.22. The number of nitrogens with zero attached hydrogens (tertiary/aromatic N) is 1. The molecule has 0 aliphatic carbocycles. The zero-order valence-corrected chi connectivity index (χ0v) is 12.0. The minimum atomic E-state index is -1.31. The number of aliphatic imine (C=N–C) groups is 1. The summed E-state index contributed by atoms with van der Waals surface area (Å²) in [5.41, 5.74) is 0. The first-order valence-electron chi connectivity index (χ1n) is 6.39. The molecule has 1 saturated heterocycles. The second-order valence-corrected chi connectivity index (χ2v) is 5.19. The van der Waals surface area contributed by atoms with Gasteiger partial charge in [-0.25, -0.2) is 4.79 Å². The van der Waals surface area contributed by atoms with Crippen molar-refractivity contribution in [3.8, 4) is 0 Å². The molecule has 0 aromatic rings. The van der Waals surface area contributed by atoms with E-state index in [1.165, 1.54) is 13.8 Å². The van der Waals surface area contributed by atoms with Gasteiger partial charge in [-0.15, -0.1) is 0 Å². The molecule has 0 aromatic heterocycles. The monoisotopic (exact) mass is 285 g/mol. The maximum Gasteiger partial charge on any atom is 0.329 e. The highest BCUT2D eigenvalue weighted by molar-refractivity contribution is 6.10. The zero-order chi connectivity index (χ0) is 15.5. The van der Waals surface area contributed by atoms with Crippen molar-refractivity contribution in [3.05, 3.63) is 0 Å². The molecule has 1 fully saturated rings. The Morgan fingerprint density at radius 1 is 1.40 bits per heavy atom. The van der Waals surface area contributed by atoms with E-state index in [0.717, 1.165) is 6.21 Å². The van der Waals surface area contributed by atoms with Crippen LogP contribution in [0.25, 0.3) is 0 Å². The lowest BCUT2D eigenvalue weighted by molar-refractivity contribution is -0.235. The molecule has 1 rings (SSSR count). The first-order chi connectivity index (χ1) is 9.18. The molecule has 1 heterocycles. The molecule has 2 atom stereocenters. The molecule has 0 spiro atoms. The Kier molecular flexibility index (Phi) is 4.86. The summed E-state index contributed by atoms with van der Waals surface area (Å²) in [6, 6.07) is -1.00. The second-order valence-electron chi connectivity index (χ2n) is 5.19. The number of esters is 2. The molecule has 0 radical (unpaired) electrons. The van der Waals surface area contributed by atoms with Gasteiger partial charge in [0.15, 0.2) is 5.92 Å². The van der Waals surface area contributed by atoms with E-state index in [0.29, 0.717) is 6.42 Å². The Morgan fingerprint density at radius 3 is 2.30 bits per heavy atom. The minimum absolute atomic E-state index is 0.212. The van der Waals surface area contributed by atoms with Crippen molar-refractivity contribution in [2.75, 3.05) is 0 Å². The fourth-order valence-corrected chi connectivity index (χ4v) is 1.71. The van der Waals surface area contributed by atoms with Gasteiger partial charge in [0.05, 0.1) is 0 Å². The van der Waals surface area contributed by atoms with Gasteiger partial charge in [0, 0.05) is 20.1 Å². The number of carboxylic acids is 1. The fraction of sp³-hybridized carbons (Fsp3) is 0.692. The maximum absolute atomic E-state index is 11.7.